The van der Waals surface area contributed by atoms with E-state index in [-0.39, 0.29) is 30.0 Å². The maximum Gasteiger partial charge on any atom is 0.229 e. The standard InChI is InChI=1S/C19H21FN4O2S/c20-14-3-5-16(6-4-14)23-7-9-24(10-8-23)17(25)11-15-12-27-19(21-15)22-18(26)13-1-2-13/h3-6,12-13H,1-2,7-11H2,(H,21,22,26). The zero-order chi connectivity index (χ0) is 18.8. The largest absolute Gasteiger partial charge is 0.368 e. The number of hydrogen-bond donors (Lipinski definition) is 1. The van der Waals surface area contributed by atoms with Gasteiger partial charge in [-0.15, -0.1) is 11.3 Å². The van der Waals surface area contributed by atoms with Crippen molar-refractivity contribution in [3.8, 4) is 0 Å². The summed E-state index contributed by atoms with van der Waals surface area (Å²) in [6, 6.07) is 6.43. The molecule has 142 valence electrons. The maximum atomic E-state index is 13.0. The number of benzene rings is 1. The molecule has 8 heteroatoms. The van der Waals surface area contributed by atoms with E-state index in [1.165, 1.54) is 23.5 Å². The van der Waals surface area contributed by atoms with E-state index < -0.39 is 0 Å². The van der Waals surface area contributed by atoms with Gasteiger partial charge in [0.05, 0.1) is 12.1 Å². The Balaban J connectivity index is 1.27. The van der Waals surface area contributed by atoms with Gasteiger partial charge in [0, 0.05) is 43.2 Å². The Kier molecular flexibility index (Phi) is 5.07. The van der Waals surface area contributed by atoms with Gasteiger partial charge in [-0.05, 0) is 37.1 Å². The number of nitrogens with zero attached hydrogens (tertiary/aromatic N) is 3. The Hall–Kier alpha value is -2.48. The van der Waals surface area contributed by atoms with Gasteiger partial charge in [0.1, 0.15) is 5.82 Å². The summed E-state index contributed by atoms with van der Waals surface area (Å²) < 4.78 is 13.0. The summed E-state index contributed by atoms with van der Waals surface area (Å²) in [6.07, 6.45) is 2.14. The molecule has 27 heavy (non-hydrogen) atoms. The average molecular weight is 388 g/mol. The second-order valence-electron chi connectivity index (χ2n) is 6.93. The fourth-order valence-electron chi connectivity index (χ4n) is 3.13. The molecule has 2 amide bonds. The van der Waals surface area contributed by atoms with Gasteiger partial charge in [0.2, 0.25) is 11.8 Å². The smallest absolute Gasteiger partial charge is 0.229 e. The fraction of sp³-hybridized carbons (Fsp3) is 0.421. The molecule has 1 aromatic carbocycles. The van der Waals surface area contributed by atoms with Crippen molar-refractivity contribution >= 4 is 34.0 Å². The molecule has 1 saturated heterocycles. The summed E-state index contributed by atoms with van der Waals surface area (Å²) >= 11 is 1.36. The lowest BCUT2D eigenvalue weighted by molar-refractivity contribution is -0.130. The number of piperazine rings is 1. The lowest BCUT2D eigenvalue weighted by atomic mass is 10.2. The quantitative estimate of drug-likeness (QED) is 0.855. The number of anilines is 2. The van der Waals surface area contributed by atoms with Crippen molar-refractivity contribution in [3.05, 3.63) is 41.2 Å². The minimum absolute atomic E-state index is 0.0270. The monoisotopic (exact) mass is 388 g/mol. The molecule has 1 aromatic heterocycles. The zero-order valence-electron chi connectivity index (χ0n) is 14.9. The second kappa shape index (κ2) is 7.64. The van der Waals surface area contributed by atoms with Crippen LogP contribution in [0.4, 0.5) is 15.2 Å². The molecule has 2 heterocycles. The van der Waals surface area contributed by atoms with Gasteiger partial charge in [-0.25, -0.2) is 9.37 Å². The van der Waals surface area contributed by atoms with Crippen molar-refractivity contribution in [2.75, 3.05) is 36.4 Å². The average Bonchev–Trinajstić information content (AvgIpc) is 3.44. The van der Waals surface area contributed by atoms with Gasteiger partial charge < -0.3 is 15.1 Å². The molecule has 0 unspecified atom stereocenters. The number of hydrogen-bond acceptors (Lipinski definition) is 5. The molecule has 2 aliphatic rings. The van der Waals surface area contributed by atoms with Crippen LogP contribution in [-0.4, -0.2) is 47.9 Å². The van der Waals surface area contributed by atoms with E-state index in [0.717, 1.165) is 31.6 Å². The predicted octanol–water partition coefficient (Wildman–Crippen LogP) is 2.52. The van der Waals surface area contributed by atoms with E-state index in [2.05, 4.69) is 15.2 Å². The minimum Gasteiger partial charge on any atom is -0.368 e. The van der Waals surface area contributed by atoms with Gasteiger partial charge >= 0.3 is 0 Å². The number of aromatic nitrogens is 1. The summed E-state index contributed by atoms with van der Waals surface area (Å²) in [5, 5.41) is 5.21. The summed E-state index contributed by atoms with van der Waals surface area (Å²) in [5.74, 6) is -0.0434. The molecule has 1 saturated carbocycles. The molecule has 0 spiro atoms. The number of carbonyl (C=O) groups is 2. The molecule has 0 bridgehead atoms. The van der Waals surface area contributed by atoms with Crippen molar-refractivity contribution in [1.82, 2.24) is 9.88 Å². The van der Waals surface area contributed by atoms with E-state index in [1.54, 1.807) is 12.1 Å². The van der Waals surface area contributed by atoms with Crippen molar-refractivity contribution in [2.24, 2.45) is 5.92 Å². The first-order valence-corrected chi connectivity index (χ1v) is 10.00. The van der Waals surface area contributed by atoms with Crippen LogP contribution in [-0.2, 0) is 16.0 Å². The van der Waals surface area contributed by atoms with Gasteiger partial charge in [-0.1, -0.05) is 0 Å². The number of rotatable bonds is 5. The first kappa shape index (κ1) is 17.9. The molecule has 0 radical (unpaired) electrons. The Labute approximate surface area is 161 Å². The Morgan fingerprint density at radius 3 is 2.52 bits per heavy atom. The summed E-state index contributed by atoms with van der Waals surface area (Å²) in [6.45, 7) is 2.70. The van der Waals surface area contributed by atoms with Crippen LogP contribution in [0.2, 0.25) is 0 Å². The van der Waals surface area contributed by atoms with Crippen LogP contribution < -0.4 is 10.2 Å². The normalized spacial score (nSPS) is 17.1. The molecular formula is C19H21FN4O2S. The highest BCUT2D eigenvalue weighted by Crippen LogP contribution is 2.30. The molecule has 1 aliphatic heterocycles. The molecule has 6 nitrogen and oxygen atoms in total. The van der Waals surface area contributed by atoms with Gasteiger partial charge in [-0.3, -0.25) is 9.59 Å². The van der Waals surface area contributed by atoms with Crippen LogP contribution in [0.5, 0.6) is 0 Å². The van der Waals surface area contributed by atoms with Crippen LogP contribution in [0.15, 0.2) is 29.6 Å². The van der Waals surface area contributed by atoms with E-state index in [0.29, 0.717) is 23.9 Å². The van der Waals surface area contributed by atoms with Crippen molar-refractivity contribution < 1.29 is 14.0 Å². The molecule has 0 atom stereocenters. The fourth-order valence-corrected chi connectivity index (χ4v) is 3.84. The number of carbonyl (C=O) groups excluding carboxylic acids is 2. The Morgan fingerprint density at radius 2 is 1.85 bits per heavy atom. The van der Waals surface area contributed by atoms with Crippen molar-refractivity contribution in [2.45, 2.75) is 19.3 Å². The number of halogens is 1. The second-order valence-corrected chi connectivity index (χ2v) is 7.79. The number of thiazole rings is 1. The Morgan fingerprint density at radius 1 is 1.15 bits per heavy atom. The highest BCUT2D eigenvalue weighted by molar-refractivity contribution is 7.13. The highest BCUT2D eigenvalue weighted by Gasteiger charge is 2.30. The van der Waals surface area contributed by atoms with E-state index >= 15 is 0 Å². The predicted molar refractivity (Wildman–Crippen MR) is 102 cm³/mol. The van der Waals surface area contributed by atoms with Gasteiger partial charge in [0.15, 0.2) is 5.13 Å². The van der Waals surface area contributed by atoms with Crippen LogP contribution >= 0.6 is 11.3 Å². The van der Waals surface area contributed by atoms with E-state index in [1.807, 2.05) is 10.3 Å². The molecule has 2 aromatic rings. The summed E-state index contributed by atoms with van der Waals surface area (Å²) in [7, 11) is 0. The molecule has 1 N–H and O–H groups in total. The highest BCUT2D eigenvalue weighted by atomic mass is 32.1. The third-order valence-corrected chi connectivity index (χ3v) is 5.69. The third kappa shape index (κ3) is 4.44. The maximum absolute atomic E-state index is 13.0. The molecule has 2 fully saturated rings. The summed E-state index contributed by atoms with van der Waals surface area (Å²) in [5.41, 5.74) is 1.66. The lowest BCUT2D eigenvalue weighted by Crippen LogP contribution is -2.49. The zero-order valence-corrected chi connectivity index (χ0v) is 15.7. The van der Waals surface area contributed by atoms with Crippen LogP contribution in [0.25, 0.3) is 0 Å². The van der Waals surface area contributed by atoms with Crippen LogP contribution in [0.3, 0.4) is 0 Å². The van der Waals surface area contributed by atoms with Crippen LogP contribution in [0, 0.1) is 11.7 Å². The Bertz CT molecular complexity index is 826. The molecule has 4 rings (SSSR count). The van der Waals surface area contributed by atoms with E-state index in [4.69, 9.17) is 0 Å². The van der Waals surface area contributed by atoms with Gasteiger partial charge in [0.25, 0.3) is 0 Å². The van der Waals surface area contributed by atoms with Crippen molar-refractivity contribution in [1.29, 1.82) is 0 Å². The third-order valence-electron chi connectivity index (χ3n) is 4.89. The molecule has 1 aliphatic carbocycles. The topological polar surface area (TPSA) is 65.5 Å². The first-order chi connectivity index (χ1) is 13.1. The number of nitrogens with one attached hydrogen (secondary N) is 1. The minimum atomic E-state index is -0.247. The first-order valence-electron chi connectivity index (χ1n) is 9.12. The lowest BCUT2D eigenvalue weighted by Gasteiger charge is -2.36. The van der Waals surface area contributed by atoms with E-state index in [9.17, 15) is 14.0 Å². The van der Waals surface area contributed by atoms with Crippen molar-refractivity contribution in [3.63, 3.8) is 0 Å². The molecular weight excluding hydrogens is 367 g/mol. The van der Waals surface area contributed by atoms with Gasteiger partial charge in [-0.2, -0.15) is 0 Å². The number of amides is 2. The SMILES string of the molecule is O=C(Nc1nc(CC(=O)N2CCN(c3ccc(F)cc3)CC2)cs1)C1CC1. The van der Waals surface area contributed by atoms with Crippen LogP contribution in [0.1, 0.15) is 18.5 Å². The summed E-state index contributed by atoms with van der Waals surface area (Å²) in [4.78, 5) is 32.7.